The fraction of sp³-hybridized carbons (Fsp3) is 0.0545. The van der Waals surface area contributed by atoms with Crippen LogP contribution in [0.4, 0.5) is 0 Å². The second kappa shape index (κ2) is 14.2. The van der Waals surface area contributed by atoms with Crippen molar-refractivity contribution in [3.8, 4) is 89.5 Å². The van der Waals surface area contributed by atoms with E-state index in [4.69, 9.17) is 9.97 Å². The Bertz CT molecular complexity index is 2840. The van der Waals surface area contributed by atoms with Crippen molar-refractivity contribution in [2.45, 2.75) is 19.3 Å². The van der Waals surface area contributed by atoms with Crippen LogP contribution in [0.3, 0.4) is 0 Å². The molecule has 0 aliphatic heterocycles. The largest absolute Gasteiger partial charge is 0.228 e. The van der Waals surface area contributed by atoms with Crippen molar-refractivity contribution in [2.24, 2.45) is 0 Å². The summed E-state index contributed by atoms with van der Waals surface area (Å²) in [6.45, 7) is 4.70. The van der Waals surface area contributed by atoms with E-state index in [1.165, 1.54) is 44.5 Å². The van der Waals surface area contributed by atoms with Gasteiger partial charge in [-0.25, -0.2) is 9.97 Å². The molecule has 2 nitrogen and oxygen atoms in total. The highest BCUT2D eigenvalue weighted by molar-refractivity contribution is 5.89. The fourth-order valence-electron chi connectivity index (χ4n) is 8.62. The van der Waals surface area contributed by atoms with Crippen molar-refractivity contribution in [3.63, 3.8) is 0 Å². The number of fused-ring (bicyclic) bond motifs is 3. The summed E-state index contributed by atoms with van der Waals surface area (Å²) in [5.74, 6) is 0.699. The Balaban J connectivity index is 1.05. The third-order valence-corrected chi connectivity index (χ3v) is 11.5. The lowest BCUT2D eigenvalue weighted by molar-refractivity contribution is 0.662. The Labute approximate surface area is 334 Å². The lowest BCUT2D eigenvalue weighted by Gasteiger charge is -2.24. The van der Waals surface area contributed by atoms with E-state index in [-0.39, 0.29) is 5.41 Å². The number of benzene rings is 8. The minimum absolute atomic E-state index is 0.0729. The number of rotatable bonds is 7. The predicted molar refractivity (Wildman–Crippen MR) is 238 cm³/mol. The van der Waals surface area contributed by atoms with Crippen LogP contribution in [0.5, 0.6) is 0 Å². The molecule has 0 saturated heterocycles. The van der Waals surface area contributed by atoms with Crippen LogP contribution in [-0.4, -0.2) is 9.97 Å². The number of hydrogen-bond acceptors (Lipinski definition) is 2. The molecule has 1 aliphatic carbocycles. The quantitative estimate of drug-likeness (QED) is 0.163. The first-order chi connectivity index (χ1) is 28.0. The molecule has 8 aromatic carbocycles. The zero-order chi connectivity index (χ0) is 38.3. The Kier molecular flexibility index (Phi) is 8.53. The van der Waals surface area contributed by atoms with Gasteiger partial charge in [-0.3, -0.25) is 0 Å². The van der Waals surface area contributed by atoms with Crippen LogP contribution in [0.15, 0.2) is 206 Å². The Morgan fingerprint density at radius 1 is 0.298 bits per heavy atom. The molecule has 0 N–H and O–H groups in total. The van der Waals surface area contributed by atoms with E-state index in [1.54, 1.807) is 0 Å². The molecule has 1 aromatic heterocycles. The van der Waals surface area contributed by atoms with Crippen molar-refractivity contribution < 1.29 is 0 Å². The van der Waals surface area contributed by atoms with Crippen LogP contribution in [0, 0.1) is 0 Å². The summed E-state index contributed by atoms with van der Waals surface area (Å²) in [5.41, 5.74) is 19.7. The fourth-order valence-corrected chi connectivity index (χ4v) is 8.62. The number of nitrogens with zero attached hydrogens (tertiary/aromatic N) is 2. The van der Waals surface area contributed by atoms with E-state index in [1.807, 2.05) is 18.2 Å². The molecule has 2 heteroatoms. The maximum Gasteiger partial charge on any atom is 0.160 e. The monoisotopic (exact) mass is 728 g/mol. The Morgan fingerprint density at radius 2 is 0.737 bits per heavy atom. The molecule has 0 saturated carbocycles. The predicted octanol–water partition coefficient (Wildman–Crippen LogP) is 14.5. The molecular formula is C55H40N2. The lowest BCUT2D eigenvalue weighted by atomic mass is 9.79. The van der Waals surface area contributed by atoms with Crippen LogP contribution in [0.25, 0.3) is 89.5 Å². The molecule has 10 rings (SSSR count). The minimum Gasteiger partial charge on any atom is -0.228 e. The van der Waals surface area contributed by atoms with Crippen LogP contribution in [0.2, 0.25) is 0 Å². The Hall–Kier alpha value is -7.16. The third kappa shape index (κ3) is 6.36. The molecule has 0 bridgehead atoms. The molecule has 9 aromatic rings. The summed E-state index contributed by atoms with van der Waals surface area (Å²) in [5, 5.41) is 0. The van der Waals surface area contributed by atoms with Crippen molar-refractivity contribution >= 4 is 0 Å². The van der Waals surface area contributed by atoms with E-state index in [0.29, 0.717) is 5.82 Å². The van der Waals surface area contributed by atoms with Gasteiger partial charge >= 0.3 is 0 Å². The van der Waals surface area contributed by atoms with Crippen LogP contribution in [-0.2, 0) is 5.41 Å². The molecule has 270 valence electrons. The molecule has 0 radical (unpaired) electrons. The van der Waals surface area contributed by atoms with E-state index >= 15 is 0 Å². The maximum absolute atomic E-state index is 5.23. The minimum atomic E-state index is -0.0729. The van der Waals surface area contributed by atoms with Gasteiger partial charge in [0.2, 0.25) is 0 Å². The molecule has 0 atom stereocenters. The van der Waals surface area contributed by atoms with Crippen LogP contribution >= 0.6 is 0 Å². The average Bonchev–Trinajstić information content (AvgIpc) is 3.53. The number of aromatic nitrogens is 2. The van der Waals surface area contributed by atoms with Gasteiger partial charge in [-0.2, -0.15) is 0 Å². The zero-order valence-corrected chi connectivity index (χ0v) is 32.0. The van der Waals surface area contributed by atoms with Gasteiger partial charge in [0.05, 0.1) is 11.4 Å². The molecule has 0 spiro atoms. The van der Waals surface area contributed by atoms with Gasteiger partial charge < -0.3 is 0 Å². The van der Waals surface area contributed by atoms with Gasteiger partial charge in [0.15, 0.2) is 5.82 Å². The highest BCUT2D eigenvalue weighted by Gasteiger charge is 2.37. The zero-order valence-electron chi connectivity index (χ0n) is 32.0. The number of hydrogen-bond donors (Lipinski definition) is 0. The molecule has 1 aliphatic rings. The second-order valence-corrected chi connectivity index (χ2v) is 15.4. The van der Waals surface area contributed by atoms with E-state index in [2.05, 4.69) is 202 Å². The lowest BCUT2D eigenvalue weighted by Crippen LogP contribution is -2.16. The molecule has 0 fully saturated rings. The molecule has 0 amide bonds. The maximum atomic E-state index is 5.23. The van der Waals surface area contributed by atoms with Gasteiger partial charge in [0, 0.05) is 22.1 Å². The van der Waals surface area contributed by atoms with Gasteiger partial charge in [-0.15, -0.1) is 0 Å². The van der Waals surface area contributed by atoms with Crippen LogP contribution in [0.1, 0.15) is 25.0 Å². The first-order valence-electron chi connectivity index (χ1n) is 19.6. The summed E-state index contributed by atoms with van der Waals surface area (Å²) >= 11 is 0. The van der Waals surface area contributed by atoms with E-state index < -0.39 is 0 Å². The molecule has 1 heterocycles. The van der Waals surface area contributed by atoms with Crippen molar-refractivity contribution in [1.29, 1.82) is 0 Å². The third-order valence-electron chi connectivity index (χ3n) is 11.5. The van der Waals surface area contributed by atoms with Crippen molar-refractivity contribution in [1.82, 2.24) is 9.97 Å². The standard InChI is InChI=1S/C55H40N2/c1-55(2)50-27-13-12-24-48(50)49-26-15-25-47(53(49)55)40-30-28-39(29-31-40)42-22-14-23-43(32-42)51-36-52(57-54(56-51)41-20-10-5-11-21-41)46-34-44(37-16-6-3-7-17-37)33-45(35-46)38-18-8-4-9-19-38/h3-36H,1-2H3. The summed E-state index contributed by atoms with van der Waals surface area (Å²) in [7, 11) is 0. The van der Waals surface area contributed by atoms with Gasteiger partial charge in [0.1, 0.15) is 0 Å². The van der Waals surface area contributed by atoms with E-state index in [9.17, 15) is 0 Å². The molecular weight excluding hydrogens is 689 g/mol. The normalized spacial score (nSPS) is 12.5. The molecule has 0 unspecified atom stereocenters. The molecule has 57 heavy (non-hydrogen) atoms. The first kappa shape index (κ1) is 34.3. The van der Waals surface area contributed by atoms with E-state index in [0.717, 1.165) is 50.3 Å². The van der Waals surface area contributed by atoms with Crippen molar-refractivity contribution in [3.05, 3.63) is 217 Å². The summed E-state index contributed by atoms with van der Waals surface area (Å²) < 4.78 is 0. The summed E-state index contributed by atoms with van der Waals surface area (Å²) in [6.07, 6.45) is 0. The summed E-state index contributed by atoms with van der Waals surface area (Å²) in [4.78, 5) is 10.4. The SMILES string of the molecule is CC1(C)c2ccccc2-c2cccc(-c3ccc(-c4cccc(-c5cc(-c6cc(-c7ccccc7)cc(-c7ccccc7)c6)nc(-c6ccccc6)n5)c4)cc3)c21. The smallest absolute Gasteiger partial charge is 0.160 e. The highest BCUT2D eigenvalue weighted by atomic mass is 14.9. The van der Waals surface area contributed by atoms with Gasteiger partial charge in [-0.05, 0) is 97.1 Å². The van der Waals surface area contributed by atoms with Gasteiger partial charge in [0.25, 0.3) is 0 Å². The Morgan fingerprint density at radius 3 is 1.40 bits per heavy atom. The van der Waals surface area contributed by atoms with Gasteiger partial charge in [-0.1, -0.05) is 190 Å². The first-order valence-corrected chi connectivity index (χ1v) is 19.6. The topological polar surface area (TPSA) is 25.8 Å². The highest BCUT2D eigenvalue weighted by Crippen LogP contribution is 2.52. The van der Waals surface area contributed by atoms with Crippen molar-refractivity contribution in [2.75, 3.05) is 0 Å². The second-order valence-electron chi connectivity index (χ2n) is 15.4. The van der Waals surface area contributed by atoms with Crippen LogP contribution < -0.4 is 0 Å². The summed E-state index contributed by atoms with van der Waals surface area (Å²) in [6, 6.07) is 73.7. The average molecular weight is 729 g/mol.